The number of hydrogen-bond donors (Lipinski definition) is 4. The van der Waals surface area contributed by atoms with Gasteiger partial charge in [0.1, 0.15) is 11.4 Å². The third-order valence-corrected chi connectivity index (χ3v) is 6.41. The Bertz CT molecular complexity index is 1040. The number of rotatable bonds is 7. The number of allylic oxidation sites excluding steroid dienone is 4. The molecule has 2 unspecified atom stereocenters. The molecule has 0 radical (unpaired) electrons. The summed E-state index contributed by atoms with van der Waals surface area (Å²) in [5, 5.41) is 23.5. The van der Waals surface area contributed by atoms with E-state index in [0.29, 0.717) is 30.9 Å². The highest BCUT2D eigenvalue weighted by molar-refractivity contribution is 6.10. The summed E-state index contributed by atoms with van der Waals surface area (Å²) >= 11 is 0. The normalized spacial score (nSPS) is 22.0. The lowest BCUT2D eigenvalue weighted by Crippen LogP contribution is -2.52. The Morgan fingerprint density at radius 3 is 2.74 bits per heavy atom. The molecule has 1 aliphatic carbocycles. The van der Waals surface area contributed by atoms with E-state index in [1.165, 1.54) is 0 Å². The van der Waals surface area contributed by atoms with Gasteiger partial charge in [-0.3, -0.25) is 9.69 Å². The lowest BCUT2D eigenvalue weighted by molar-refractivity contribution is -0.112. The number of anilines is 1. The van der Waals surface area contributed by atoms with Gasteiger partial charge in [0.25, 0.3) is 5.91 Å². The molecule has 1 aromatic carbocycles. The van der Waals surface area contributed by atoms with Gasteiger partial charge in [-0.05, 0) is 56.7 Å². The van der Waals surface area contributed by atoms with E-state index in [0.717, 1.165) is 18.4 Å². The van der Waals surface area contributed by atoms with Gasteiger partial charge in [-0.15, -0.1) is 6.42 Å². The van der Waals surface area contributed by atoms with Crippen molar-refractivity contribution in [2.24, 2.45) is 22.6 Å². The van der Waals surface area contributed by atoms with E-state index in [4.69, 9.17) is 12.2 Å². The van der Waals surface area contributed by atoms with Gasteiger partial charge in [0.15, 0.2) is 0 Å². The van der Waals surface area contributed by atoms with Crippen LogP contribution < -0.4 is 11.1 Å². The topological polar surface area (TPSA) is 111 Å². The number of aliphatic hydroxyl groups excluding tert-OH is 1. The number of aliphatic imine (C=N–C) groups is 1. The largest absolute Gasteiger partial charge is 0.400 e. The van der Waals surface area contributed by atoms with Crippen molar-refractivity contribution in [3.63, 3.8) is 0 Å². The summed E-state index contributed by atoms with van der Waals surface area (Å²) in [4.78, 5) is 19.3. The molecule has 1 fully saturated rings. The summed E-state index contributed by atoms with van der Waals surface area (Å²) in [6, 6.07) is 10.5. The number of carbonyl (C=O) groups is 1. The first kappa shape index (κ1) is 25.3. The first-order valence-corrected chi connectivity index (χ1v) is 11.4. The summed E-state index contributed by atoms with van der Waals surface area (Å²) in [5.74, 6) is 2.13. The molecule has 178 valence electrons. The van der Waals surface area contributed by atoms with Crippen molar-refractivity contribution >= 4 is 17.3 Å². The number of carbonyl (C=O) groups excluding carboxylic acids is 1. The summed E-state index contributed by atoms with van der Waals surface area (Å²) in [6.07, 6.45) is 13.6. The summed E-state index contributed by atoms with van der Waals surface area (Å²) < 4.78 is 0. The van der Waals surface area contributed by atoms with E-state index in [2.05, 4.69) is 28.4 Å². The first-order chi connectivity index (χ1) is 16.3. The SMILES string of the molecule is C#C/C(=N\C(C(=O)Nc1cc#ccc1)=C(\C)N)C1C=CC=C(C(C)(O)N2CCC(CO)CC2)C1. The zero-order chi connectivity index (χ0) is 24.7. The minimum atomic E-state index is -1.15. The second kappa shape index (κ2) is 11.2. The van der Waals surface area contributed by atoms with Crippen LogP contribution in [-0.2, 0) is 4.79 Å². The number of aliphatic hydroxyl groups is 2. The van der Waals surface area contributed by atoms with Gasteiger partial charge in [-0.25, -0.2) is 4.99 Å². The van der Waals surface area contributed by atoms with Gasteiger partial charge in [0, 0.05) is 37.4 Å². The summed E-state index contributed by atoms with van der Waals surface area (Å²) in [7, 11) is 0. The maximum atomic E-state index is 12.8. The highest BCUT2D eigenvalue weighted by Gasteiger charge is 2.37. The van der Waals surface area contributed by atoms with Crippen LogP contribution in [0.4, 0.5) is 5.69 Å². The van der Waals surface area contributed by atoms with Crippen LogP contribution in [0.3, 0.4) is 0 Å². The van der Waals surface area contributed by atoms with E-state index in [1.807, 2.05) is 23.1 Å². The Morgan fingerprint density at radius 2 is 2.15 bits per heavy atom. The molecule has 7 heteroatoms. The molecule has 2 aliphatic rings. The Balaban J connectivity index is 1.77. The number of likely N-dealkylation sites (tertiary alicyclic amines) is 1. The van der Waals surface area contributed by atoms with Gasteiger partial charge in [-0.2, -0.15) is 0 Å². The molecule has 2 atom stereocenters. The molecule has 5 N–H and O–H groups in total. The fourth-order valence-electron chi connectivity index (χ4n) is 4.25. The van der Waals surface area contributed by atoms with Gasteiger partial charge in [-0.1, -0.05) is 36.3 Å². The molecule has 1 aromatic rings. The van der Waals surface area contributed by atoms with Crippen LogP contribution in [0, 0.1) is 36.3 Å². The van der Waals surface area contributed by atoms with E-state index in [-0.39, 0.29) is 29.8 Å². The van der Waals surface area contributed by atoms with Gasteiger partial charge in [0.2, 0.25) is 0 Å². The minimum absolute atomic E-state index is 0.0446. The monoisotopic (exact) mass is 460 g/mol. The zero-order valence-corrected chi connectivity index (χ0v) is 19.7. The van der Waals surface area contributed by atoms with E-state index >= 15 is 0 Å². The highest BCUT2D eigenvalue weighted by atomic mass is 16.3. The average molecular weight is 461 g/mol. The molecule has 1 amide bonds. The first-order valence-electron chi connectivity index (χ1n) is 11.4. The van der Waals surface area contributed by atoms with E-state index in [9.17, 15) is 15.0 Å². The van der Waals surface area contributed by atoms with E-state index in [1.54, 1.807) is 32.0 Å². The van der Waals surface area contributed by atoms with Crippen molar-refractivity contribution in [1.82, 2.24) is 4.90 Å². The van der Waals surface area contributed by atoms with Crippen LogP contribution in [0.5, 0.6) is 0 Å². The fourth-order valence-corrected chi connectivity index (χ4v) is 4.25. The molecule has 3 rings (SSSR count). The molecule has 34 heavy (non-hydrogen) atoms. The molecule has 7 nitrogen and oxygen atoms in total. The van der Waals surface area contributed by atoms with Crippen LogP contribution in [0.1, 0.15) is 33.1 Å². The minimum Gasteiger partial charge on any atom is -0.400 e. The average Bonchev–Trinajstić information content (AvgIpc) is 2.85. The number of nitrogens with one attached hydrogen (secondary N) is 1. The van der Waals surface area contributed by atoms with Crippen molar-refractivity contribution in [2.45, 2.75) is 38.8 Å². The smallest absolute Gasteiger partial charge is 0.276 e. The molecule has 0 saturated carbocycles. The number of piperidine rings is 1. The van der Waals surface area contributed by atoms with Crippen LogP contribution in [0.2, 0.25) is 0 Å². The number of hydrogen-bond acceptors (Lipinski definition) is 6. The quantitative estimate of drug-likeness (QED) is 0.284. The molecule has 0 bridgehead atoms. The van der Waals surface area contributed by atoms with Crippen molar-refractivity contribution in [2.75, 3.05) is 25.0 Å². The Kier molecular flexibility index (Phi) is 8.31. The third-order valence-electron chi connectivity index (χ3n) is 6.41. The maximum absolute atomic E-state index is 12.8. The highest BCUT2D eigenvalue weighted by Crippen LogP contribution is 2.34. The van der Waals surface area contributed by atoms with Crippen LogP contribution >= 0.6 is 0 Å². The molecular weight excluding hydrogens is 428 g/mol. The lowest BCUT2D eigenvalue weighted by atomic mass is 9.84. The molecule has 1 heterocycles. The van der Waals surface area contributed by atoms with Crippen molar-refractivity contribution < 1.29 is 15.0 Å². The molecular formula is C27H32N4O3. The Hall–Kier alpha value is -3.36. The zero-order valence-electron chi connectivity index (χ0n) is 19.7. The second-order valence-electron chi connectivity index (χ2n) is 8.87. The number of amides is 1. The predicted octanol–water partition coefficient (Wildman–Crippen LogP) is 2.41. The number of terminal acetylenes is 1. The Morgan fingerprint density at radius 1 is 1.41 bits per heavy atom. The van der Waals surface area contributed by atoms with Crippen molar-refractivity contribution in [1.29, 1.82) is 0 Å². The number of nitrogens with zero attached hydrogens (tertiary/aromatic N) is 2. The number of nitrogens with two attached hydrogens (primary N) is 1. The molecule has 0 aromatic heterocycles. The van der Waals surface area contributed by atoms with E-state index < -0.39 is 11.6 Å². The van der Waals surface area contributed by atoms with Gasteiger partial charge < -0.3 is 21.3 Å². The van der Waals surface area contributed by atoms with Crippen LogP contribution in [0.15, 0.2) is 58.4 Å². The molecule has 1 saturated heterocycles. The maximum Gasteiger partial charge on any atom is 0.276 e. The fraction of sp³-hybridized carbons (Fsp3) is 0.407. The Labute approximate surface area is 201 Å². The summed E-state index contributed by atoms with van der Waals surface area (Å²) in [6.45, 7) is 4.97. The summed E-state index contributed by atoms with van der Waals surface area (Å²) in [5.41, 5.74) is 6.84. The third kappa shape index (κ3) is 5.95. The standard InChI is InChI=1S/C27H32N4O3/c1-4-24(30-25(19(2)28)26(33)29-23-11-6-5-7-12-23)21-9-8-10-22(17-21)27(3,34)31-15-13-20(18-32)14-16-31/h1,6,8-12,20-21,32,34H,13-18,28H2,2-3H3,(H,29,33)/b25-19-,30-24+. The van der Waals surface area contributed by atoms with Crippen LogP contribution in [-0.4, -0.2) is 52.2 Å². The lowest BCUT2D eigenvalue weighted by Gasteiger charge is -2.43. The predicted molar refractivity (Wildman–Crippen MR) is 133 cm³/mol. The van der Waals surface area contributed by atoms with Crippen LogP contribution in [0.25, 0.3) is 0 Å². The molecule has 1 aliphatic heterocycles. The molecule has 0 spiro atoms. The van der Waals surface area contributed by atoms with Gasteiger partial charge >= 0.3 is 0 Å². The van der Waals surface area contributed by atoms with Gasteiger partial charge in [0.05, 0.1) is 11.4 Å². The van der Waals surface area contributed by atoms with Crippen molar-refractivity contribution in [3.8, 4) is 12.3 Å². The van der Waals surface area contributed by atoms with Crippen molar-refractivity contribution in [3.05, 3.63) is 65.5 Å². The second-order valence-corrected chi connectivity index (χ2v) is 8.87.